The Kier molecular flexibility index (Phi) is 57.3. The highest BCUT2D eigenvalue weighted by molar-refractivity contribution is 5.76. The van der Waals surface area contributed by atoms with E-state index in [4.69, 9.17) is 9.47 Å². The van der Waals surface area contributed by atoms with Crippen molar-refractivity contribution in [3.63, 3.8) is 0 Å². The zero-order valence-electron chi connectivity index (χ0n) is 52.4. The fourth-order valence-corrected chi connectivity index (χ4v) is 11.6. The van der Waals surface area contributed by atoms with Crippen LogP contribution in [0.3, 0.4) is 0 Å². The highest BCUT2D eigenvalue weighted by Crippen LogP contribution is 2.24. The molecule has 7 unspecified atom stereocenters. The van der Waals surface area contributed by atoms with Crippen LogP contribution in [-0.2, 0) is 14.3 Å². The van der Waals surface area contributed by atoms with Crippen LogP contribution >= 0.6 is 0 Å². The number of unbranched alkanes of at least 4 members (excludes halogenated alkanes) is 48. The zero-order chi connectivity index (χ0) is 57.2. The minimum atomic E-state index is -1.55. The Labute approximate surface area is 489 Å². The molecule has 1 saturated heterocycles. The predicted octanol–water partition coefficient (Wildman–Crippen LogP) is 18.9. The maximum Gasteiger partial charge on any atom is 0.220 e. The van der Waals surface area contributed by atoms with E-state index in [1.54, 1.807) is 0 Å². The maximum atomic E-state index is 13.1. The second-order valence-corrected chi connectivity index (χ2v) is 24.7. The number of carbonyl (C=O) groups is 1. The first-order valence-corrected chi connectivity index (χ1v) is 35.0. The monoisotopic (exact) mass is 1120 g/mol. The normalized spacial score (nSPS) is 18.6. The van der Waals surface area contributed by atoms with Crippen LogP contribution in [0.5, 0.6) is 0 Å². The van der Waals surface area contributed by atoms with Crippen LogP contribution in [0.1, 0.15) is 361 Å². The molecule has 0 radical (unpaired) electrons. The van der Waals surface area contributed by atoms with Crippen molar-refractivity contribution < 1.29 is 39.8 Å². The summed E-state index contributed by atoms with van der Waals surface area (Å²) in [6.07, 6.45) is 71.1. The average molecular weight is 1120 g/mol. The number of hydrogen-bond acceptors (Lipinski definition) is 8. The average Bonchev–Trinajstić information content (AvgIpc) is 3.46. The number of allylic oxidation sites excluding steroid dienone is 4. The lowest BCUT2D eigenvalue weighted by atomic mass is 9.99. The second-order valence-electron chi connectivity index (χ2n) is 24.7. The van der Waals surface area contributed by atoms with Gasteiger partial charge in [-0.1, -0.05) is 334 Å². The number of aliphatic hydroxyl groups excluding tert-OH is 5. The van der Waals surface area contributed by atoms with Gasteiger partial charge < -0.3 is 40.3 Å². The van der Waals surface area contributed by atoms with Gasteiger partial charge in [-0.2, -0.15) is 0 Å². The van der Waals surface area contributed by atoms with Gasteiger partial charge in [0.25, 0.3) is 0 Å². The van der Waals surface area contributed by atoms with Gasteiger partial charge in [-0.15, -0.1) is 0 Å². The smallest absolute Gasteiger partial charge is 0.220 e. The molecule has 9 heteroatoms. The maximum absolute atomic E-state index is 13.1. The Morgan fingerprint density at radius 1 is 0.430 bits per heavy atom. The van der Waals surface area contributed by atoms with E-state index in [0.29, 0.717) is 12.8 Å². The molecular weight excluding hydrogens is 983 g/mol. The summed E-state index contributed by atoms with van der Waals surface area (Å²) in [5.41, 5.74) is 0. The standard InChI is InChI=1S/C70H135NO8/c1-3-5-7-9-11-13-15-17-19-21-23-24-25-26-27-28-29-30-31-32-33-34-35-36-37-38-39-40-42-44-46-48-50-52-54-56-58-60-66(74)71-63(62-78-70-69(77)68(76)67(75)65(61-72)79-70)64(73)59-57-55-53-51-49-47-45-43-41-22-20-18-16-14-12-10-8-6-4-2/h15,17,21,23,63-65,67-70,72-73,75-77H,3-14,16,18-20,22,24-62H2,1-2H3,(H,71,74)/b17-15-,23-21-. The predicted molar refractivity (Wildman–Crippen MR) is 337 cm³/mol. The molecule has 1 fully saturated rings. The topological polar surface area (TPSA) is 149 Å². The van der Waals surface area contributed by atoms with E-state index in [-0.39, 0.29) is 12.5 Å². The third-order valence-electron chi connectivity index (χ3n) is 17.1. The molecule has 79 heavy (non-hydrogen) atoms. The van der Waals surface area contributed by atoms with Gasteiger partial charge in [-0.3, -0.25) is 4.79 Å². The quantitative estimate of drug-likeness (QED) is 0.0261. The zero-order valence-corrected chi connectivity index (χ0v) is 52.4. The molecule has 0 aliphatic carbocycles. The van der Waals surface area contributed by atoms with Crippen LogP contribution < -0.4 is 5.32 Å². The minimum Gasteiger partial charge on any atom is -0.394 e. The molecule has 0 bridgehead atoms. The molecule has 6 N–H and O–H groups in total. The van der Waals surface area contributed by atoms with Gasteiger partial charge in [-0.05, 0) is 44.9 Å². The molecular formula is C70H135NO8. The van der Waals surface area contributed by atoms with Crippen molar-refractivity contribution in [2.24, 2.45) is 0 Å². The summed E-state index contributed by atoms with van der Waals surface area (Å²) < 4.78 is 11.4. The van der Waals surface area contributed by atoms with Gasteiger partial charge in [0.15, 0.2) is 6.29 Å². The van der Waals surface area contributed by atoms with Crippen molar-refractivity contribution in [1.29, 1.82) is 0 Å². The van der Waals surface area contributed by atoms with E-state index < -0.39 is 49.5 Å². The van der Waals surface area contributed by atoms with Gasteiger partial charge >= 0.3 is 0 Å². The summed E-state index contributed by atoms with van der Waals surface area (Å²) in [5.74, 6) is -0.136. The molecule has 468 valence electrons. The third-order valence-corrected chi connectivity index (χ3v) is 17.1. The molecule has 1 amide bonds. The summed E-state index contributed by atoms with van der Waals surface area (Å²) in [7, 11) is 0. The Hall–Kier alpha value is -1.33. The molecule has 0 aromatic carbocycles. The summed E-state index contributed by atoms with van der Waals surface area (Å²) >= 11 is 0. The van der Waals surface area contributed by atoms with Gasteiger partial charge in [0.1, 0.15) is 24.4 Å². The number of nitrogens with one attached hydrogen (secondary N) is 1. The van der Waals surface area contributed by atoms with Crippen LogP contribution in [-0.4, -0.2) is 87.5 Å². The molecule has 0 saturated carbocycles. The second kappa shape index (κ2) is 59.8. The van der Waals surface area contributed by atoms with E-state index in [9.17, 15) is 30.3 Å². The van der Waals surface area contributed by atoms with Crippen molar-refractivity contribution in [3.8, 4) is 0 Å². The van der Waals surface area contributed by atoms with Gasteiger partial charge in [-0.25, -0.2) is 0 Å². The Balaban J connectivity index is 2.05. The highest BCUT2D eigenvalue weighted by Gasteiger charge is 2.44. The van der Waals surface area contributed by atoms with Gasteiger partial charge in [0.05, 0.1) is 25.4 Å². The van der Waals surface area contributed by atoms with Gasteiger partial charge in [0, 0.05) is 6.42 Å². The van der Waals surface area contributed by atoms with E-state index >= 15 is 0 Å². The Morgan fingerprint density at radius 3 is 1.09 bits per heavy atom. The largest absolute Gasteiger partial charge is 0.394 e. The van der Waals surface area contributed by atoms with Crippen molar-refractivity contribution in [2.45, 2.75) is 403 Å². The molecule has 0 aromatic heterocycles. The van der Waals surface area contributed by atoms with Crippen LogP contribution in [0.2, 0.25) is 0 Å². The minimum absolute atomic E-state index is 0.132. The number of amides is 1. The van der Waals surface area contributed by atoms with Crippen LogP contribution in [0.15, 0.2) is 24.3 Å². The highest BCUT2D eigenvalue weighted by atomic mass is 16.7. The van der Waals surface area contributed by atoms with Gasteiger partial charge in [0.2, 0.25) is 5.91 Å². The van der Waals surface area contributed by atoms with Crippen LogP contribution in [0.25, 0.3) is 0 Å². The Bertz CT molecular complexity index is 1300. The Morgan fingerprint density at radius 2 is 0.747 bits per heavy atom. The van der Waals surface area contributed by atoms with E-state index in [1.807, 2.05) is 0 Å². The fraction of sp³-hybridized carbons (Fsp3) is 0.929. The van der Waals surface area contributed by atoms with Crippen molar-refractivity contribution in [1.82, 2.24) is 5.32 Å². The fourth-order valence-electron chi connectivity index (χ4n) is 11.6. The van der Waals surface area contributed by atoms with E-state index in [1.165, 1.54) is 289 Å². The molecule has 0 aromatic rings. The summed E-state index contributed by atoms with van der Waals surface area (Å²) in [6.45, 7) is 3.88. The number of ether oxygens (including phenoxy) is 2. The lowest BCUT2D eigenvalue weighted by molar-refractivity contribution is -0.302. The lowest BCUT2D eigenvalue weighted by Crippen LogP contribution is -2.60. The first kappa shape index (κ1) is 75.7. The summed E-state index contributed by atoms with van der Waals surface area (Å²) in [4.78, 5) is 13.1. The molecule has 1 heterocycles. The number of aliphatic hydroxyl groups is 5. The van der Waals surface area contributed by atoms with Crippen molar-refractivity contribution in [2.75, 3.05) is 13.2 Å². The SMILES string of the molecule is CCCCCCC/C=C\C/C=C\CCCCCCCCCCCCCCCCCCCCCCCCCCCC(=O)NC(COC1OC(CO)C(O)C(O)C1O)C(O)CCCCCCCCCCCCCCCCCCCCC. The summed E-state index contributed by atoms with van der Waals surface area (Å²) in [6, 6.07) is -0.716. The van der Waals surface area contributed by atoms with Crippen molar-refractivity contribution >= 4 is 5.91 Å². The molecule has 7 atom stereocenters. The molecule has 1 rings (SSSR count). The summed E-state index contributed by atoms with van der Waals surface area (Å²) in [5, 5.41) is 54.9. The van der Waals surface area contributed by atoms with Crippen LogP contribution in [0.4, 0.5) is 0 Å². The molecule has 1 aliphatic rings. The first-order chi connectivity index (χ1) is 38.8. The molecule has 9 nitrogen and oxygen atoms in total. The third kappa shape index (κ3) is 48.7. The number of rotatable bonds is 62. The first-order valence-electron chi connectivity index (χ1n) is 35.0. The van der Waals surface area contributed by atoms with E-state index in [2.05, 4.69) is 43.5 Å². The van der Waals surface area contributed by atoms with Crippen molar-refractivity contribution in [3.05, 3.63) is 24.3 Å². The van der Waals surface area contributed by atoms with Crippen LogP contribution in [0, 0.1) is 0 Å². The number of hydrogen-bond donors (Lipinski definition) is 6. The van der Waals surface area contributed by atoms with E-state index in [0.717, 1.165) is 44.9 Å². The lowest BCUT2D eigenvalue weighted by Gasteiger charge is -2.40. The number of carbonyl (C=O) groups excluding carboxylic acids is 1. The molecule has 0 spiro atoms. The molecule has 1 aliphatic heterocycles.